The van der Waals surface area contributed by atoms with Crippen molar-refractivity contribution in [1.29, 1.82) is 0 Å². The van der Waals surface area contributed by atoms with E-state index in [1.54, 1.807) is 43.5 Å². The summed E-state index contributed by atoms with van der Waals surface area (Å²) in [5.41, 5.74) is 3.44. The van der Waals surface area contributed by atoms with Crippen LogP contribution in [0.3, 0.4) is 0 Å². The summed E-state index contributed by atoms with van der Waals surface area (Å²) in [5.74, 6) is 2.02. The lowest BCUT2D eigenvalue weighted by molar-refractivity contribution is 0.103. The number of para-hydroxylation sites is 1. The molecular weight excluding hydrogens is 380 g/mol. The fourth-order valence-electron chi connectivity index (χ4n) is 3.47. The summed E-state index contributed by atoms with van der Waals surface area (Å²) in [7, 11) is 1.54. The molecule has 30 heavy (non-hydrogen) atoms. The number of rotatable bonds is 7. The molecule has 0 atom stereocenters. The number of benzene rings is 3. The molecule has 3 aromatic carbocycles. The van der Waals surface area contributed by atoms with E-state index in [9.17, 15) is 9.90 Å². The molecule has 0 unspecified atom stereocenters. The van der Waals surface area contributed by atoms with Gasteiger partial charge in [0.25, 0.3) is 0 Å². The summed E-state index contributed by atoms with van der Waals surface area (Å²) in [6.07, 6.45) is 1.20. The van der Waals surface area contributed by atoms with Crippen molar-refractivity contribution < 1.29 is 24.1 Å². The number of aromatic hydroxyl groups is 1. The second-order valence-corrected chi connectivity index (χ2v) is 7.05. The molecule has 1 heterocycles. The maximum atomic E-state index is 12.9. The van der Waals surface area contributed by atoms with E-state index >= 15 is 0 Å². The molecule has 0 amide bonds. The van der Waals surface area contributed by atoms with Crippen molar-refractivity contribution in [2.24, 2.45) is 0 Å². The molecule has 1 aliphatic rings. The number of fused-ring (bicyclic) bond motifs is 1. The molecule has 5 heteroatoms. The number of carbonyl (C=O) groups is 1. The summed E-state index contributed by atoms with van der Waals surface area (Å²) in [6, 6.07) is 18.0. The Morgan fingerprint density at radius 2 is 1.83 bits per heavy atom. The van der Waals surface area contributed by atoms with Crippen LogP contribution in [0, 0.1) is 0 Å². The fraction of sp³-hybridized carbons (Fsp3) is 0.160. The van der Waals surface area contributed by atoms with E-state index in [0.29, 0.717) is 35.3 Å². The van der Waals surface area contributed by atoms with E-state index in [1.165, 1.54) is 0 Å². The molecule has 0 aromatic heterocycles. The van der Waals surface area contributed by atoms with Crippen molar-refractivity contribution >= 4 is 5.78 Å². The molecule has 5 nitrogen and oxygen atoms in total. The van der Waals surface area contributed by atoms with Crippen molar-refractivity contribution in [3.63, 3.8) is 0 Å². The second-order valence-electron chi connectivity index (χ2n) is 7.05. The SMILES string of the molecule is C=C(CCc1ccc2c(c1)OCO2)C(=O)c1ccc(-c2ccccc2O)c(OC)c1. The van der Waals surface area contributed by atoms with Crippen LogP contribution < -0.4 is 14.2 Å². The Morgan fingerprint density at radius 3 is 2.63 bits per heavy atom. The number of allylic oxidation sites excluding steroid dienone is 1. The summed E-state index contributed by atoms with van der Waals surface area (Å²) in [5, 5.41) is 10.1. The van der Waals surface area contributed by atoms with Gasteiger partial charge in [-0.3, -0.25) is 4.79 Å². The molecule has 152 valence electrons. The molecule has 1 aliphatic heterocycles. The van der Waals surface area contributed by atoms with Gasteiger partial charge < -0.3 is 19.3 Å². The van der Waals surface area contributed by atoms with Crippen molar-refractivity contribution in [3.8, 4) is 34.1 Å². The smallest absolute Gasteiger partial charge is 0.231 e. The zero-order valence-electron chi connectivity index (χ0n) is 16.7. The lowest BCUT2D eigenvalue weighted by atomic mass is 9.95. The fourth-order valence-corrected chi connectivity index (χ4v) is 3.47. The molecule has 1 N–H and O–H groups in total. The van der Waals surface area contributed by atoms with Crippen LogP contribution in [0.4, 0.5) is 0 Å². The highest BCUT2D eigenvalue weighted by Crippen LogP contribution is 2.37. The third-order valence-electron chi connectivity index (χ3n) is 5.13. The molecule has 0 saturated carbocycles. The molecule has 4 rings (SSSR count). The molecule has 0 fully saturated rings. The van der Waals surface area contributed by atoms with Crippen LogP contribution in [-0.4, -0.2) is 24.8 Å². The van der Waals surface area contributed by atoms with Gasteiger partial charge in [0.15, 0.2) is 17.3 Å². The van der Waals surface area contributed by atoms with Crippen LogP contribution >= 0.6 is 0 Å². The van der Waals surface area contributed by atoms with Crippen LogP contribution in [0.25, 0.3) is 11.1 Å². The van der Waals surface area contributed by atoms with Gasteiger partial charge in [0.1, 0.15) is 11.5 Å². The molecular formula is C25H22O5. The number of ether oxygens (including phenoxy) is 3. The molecule has 0 saturated heterocycles. The minimum atomic E-state index is -0.127. The third kappa shape index (κ3) is 3.87. The summed E-state index contributed by atoms with van der Waals surface area (Å²) in [6.45, 7) is 4.22. The Kier molecular flexibility index (Phi) is 5.44. The number of phenolic OH excluding ortho intramolecular Hbond substituents is 1. The third-order valence-corrected chi connectivity index (χ3v) is 5.13. The Hall–Kier alpha value is -3.73. The predicted octanol–water partition coefficient (Wildman–Crippen LogP) is 5.17. The summed E-state index contributed by atoms with van der Waals surface area (Å²) in [4.78, 5) is 12.9. The average Bonchev–Trinajstić information content (AvgIpc) is 3.25. The number of aryl methyl sites for hydroxylation is 1. The first-order chi connectivity index (χ1) is 14.6. The standard InChI is InChI=1S/C25H22O5/c1-16(7-8-17-9-12-22-24(13-17)30-15-29-22)25(27)18-10-11-20(23(14-18)28-2)19-5-3-4-6-21(19)26/h3-6,9-14,26H,1,7-8,15H2,2H3. The van der Waals surface area contributed by atoms with E-state index in [1.807, 2.05) is 24.3 Å². The number of phenols is 1. The van der Waals surface area contributed by atoms with E-state index in [4.69, 9.17) is 14.2 Å². The van der Waals surface area contributed by atoms with Gasteiger partial charge >= 0.3 is 0 Å². The number of methoxy groups -OCH3 is 1. The minimum absolute atomic E-state index is 0.127. The second kappa shape index (κ2) is 8.33. The first-order valence-corrected chi connectivity index (χ1v) is 9.64. The van der Waals surface area contributed by atoms with E-state index in [2.05, 4.69) is 6.58 Å². The van der Waals surface area contributed by atoms with Gasteiger partial charge in [0.05, 0.1) is 7.11 Å². The number of carbonyl (C=O) groups excluding carboxylic acids is 1. The van der Waals surface area contributed by atoms with Gasteiger partial charge in [-0.15, -0.1) is 0 Å². The monoisotopic (exact) mass is 402 g/mol. The molecule has 0 spiro atoms. The predicted molar refractivity (Wildman–Crippen MR) is 114 cm³/mol. The van der Waals surface area contributed by atoms with E-state index in [-0.39, 0.29) is 18.3 Å². The number of hydrogen-bond acceptors (Lipinski definition) is 5. The van der Waals surface area contributed by atoms with Crippen molar-refractivity contribution in [3.05, 3.63) is 83.9 Å². The maximum Gasteiger partial charge on any atom is 0.231 e. The Morgan fingerprint density at radius 1 is 1.03 bits per heavy atom. The highest BCUT2D eigenvalue weighted by atomic mass is 16.7. The largest absolute Gasteiger partial charge is 0.507 e. The van der Waals surface area contributed by atoms with Crippen LogP contribution in [0.15, 0.2) is 72.8 Å². The molecule has 0 aliphatic carbocycles. The van der Waals surface area contributed by atoms with Crippen molar-refractivity contribution in [2.75, 3.05) is 13.9 Å². The summed E-state index contributed by atoms with van der Waals surface area (Å²) >= 11 is 0. The Bertz CT molecular complexity index is 1120. The topological polar surface area (TPSA) is 65.0 Å². The molecule has 0 bridgehead atoms. The Balaban J connectivity index is 1.48. The van der Waals surface area contributed by atoms with Crippen LogP contribution in [0.5, 0.6) is 23.0 Å². The van der Waals surface area contributed by atoms with Gasteiger partial charge in [-0.25, -0.2) is 0 Å². The van der Waals surface area contributed by atoms with E-state index < -0.39 is 0 Å². The van der Waals surface area contributed by atoms with Crippen LogP contribution in [-0.2, 0) is 6.42 Å². The number of hydrogen-bond donors (Lipinski definition) is 1. The highest BCUT2D eigenvalue weighted by molar-refractivity contribution is 6.08. The van der Waals surface area contributed by atoms with Crippen molar-refractivity contribution in [2.45, 2.75) is 12.8 Å². The normalized spacial score (nSPS) is 11.9. The van der Waals surface area contributed by atoms with Gasteiger partial charge in [-0.1, -0.05) is 36.9 Å². The first-order valence-electron chi connectivity index (χ1n) is 9.64. The zero-order chi connectivity index (χ0) is 21.1. The lowest BCUT2D eigenvalue weighted by Gasteiger charge is -2.12. The molecule has 0 radical (unpaired) electrons. The number of Topliss-reactive ketones (excluding diaryl/α,β-unsaturated/α-hetero) is 1. The molecule has 3 aromatic rings. The van der Waals surface area contributed by atoms with Crippen LogP contribution in [0.2, 0.25) is 0 Å². The highest BCUT2D eigenvalue weighted by Gasteiger charge is 2.17. The lowest BCUT2D eigenvalue weighted by Crippen LogP contribution is -2.04. The quantitative estimate of drug-likeness (QED) is 0.436. The number of ketones is 1. The summed E-state index contributed by atoms with van der Waals surface area (Å²) < 4.78 is 16.2. The van der Waals surface area contributed by atoms with Gasteiger partial charge in [0.2, 0.25) is 6.79 Å². The Labute approximate surface area is 175 Å². The van der Waals surface area contributed by atoms with Crippen molar-refractivity contribution in [1.82, 2.24) is 0 Å². The average molecular weight is 402 g/mol. The van der Waals surface area contributed by atoms with Gasteiger partial charge in [-0.2, -0.15) is 0 Å². The van der Waals surface area contributed by atoms with Crippen LogP contribution in [0.1, 0.15) is 22.3 Å². The maximum absolute atomic E-state index is 12.9. The van der Waals surface area contributed by atoms with Gasteiger partial charge in [-0.05, 0) is 54.3 Å². The zero-order valence-corrected chi connectivity index (χ0v) is 16.7. The minimum Gasteiger partial charge on any atom is -0.507 e. The van der Waals surface area contributed by atoms with Gasteiger partial charge in [0, 0.05) is 16.7 Å². The first kappa shape index (κ1) is 19.6. The van der Waals surface area contributed by atoms with E-state index in [0.717, 1.165) is 22.6 Å².